The number of fused-ring (bicyclic) bond motifs is 1. The van der Waals surface area contributed by atoms with Crippen LogP contribution in [0, 0.1) is 18.8 Å². The fourth-order valence-electron chi connectivity index (χ4n) is 3.64. The number of aryl methyl sites for hydroxylation is 1. The summed E-state index contributed by atoms with van der Waals surface area (Å²) in [5, 5.41) is 0. The molecule has 1 saturated heterocycles. The lowest BCUT2D eigenvalue weighted by molar-refractivity contribution is 0.445. The Morgan fingerprint density at radius 1 is 1.29 bits per heavy atom. The minimum atomic E-state index is -3.44. The van der Waals surface area contributed by atoms with E-state index in [9.17, 15) is 8.42 Å². The lowest BCUT2D eigenvalue weighted by atomic mass is 10.0. The average Bonchev–Trinajstić information content (AvgIpc) is 3.02. The summed E-state index contributed by atoms with van der Waals surface area (Å²) in [6.07, 6.45) is 3.58. The van der Waals surface area contributed by atoms with E-state index in [4.69, 9.17) is 5.73 Å². The van der Waals surface area contributed by atoms with Crippen molar-refractivity contribution in [2.24, 2.45) is 17.6 Å². The minimum Gasteiger partial charge on any atom is -0.326 e. The van der Waals surface area contributed by atoms with Gasteiger partial charge in [0.1, 0.15) is 0 Å². The highest BCUT2D eigenvalue weighted by Gasteiger charge is 2.42. The van der Waals surface area contributed by atoms with E-state index in [1.807, 2.05) is 13.0 Å². The van der Waals surface area contributed by atoms with E-state index in [1.54, 1.807) is 10.4 Å². The van der Waals surface area contributed by atoms with E-state index in [2.05, 4.69) is 15.9 Å². The number of nitrogens with two attached hydrogens (primary N) is 1. The SMILES string of the molecule is Cc1cc(CN)cc(S(=O)(=O)N2CC3CCCC3C2)c1Br. The molecule has 2 aliphatic rings. The molecule has 0 bridgehead atoms. The third-order valence-corrected chi connectivity index (χ3v) is 8.00. The third-order valence-electron chi connectivity index (χ3n) is 4.83. The first-order valence-electron chi connectivity index (χ1n) is 7.42. The molecule has 3 rings (SSSR count). The lowest BCUT2D eigenvalue weighted by Gasteiger charge is -2.19. The maximum atomic E-state index is 13.0. The van der Waals surface area contributed by atoms with Crippen molar-refractivity contribution < 1.29 is 8.42 Å². The van der Waals surface area contributed by atoms with Crippen molar-refractivity contribution >= 4 is 26.0 Å². The van der Waals surface area contributed by atoms with Crippen LogP contribution in [0.4, 0.5) is 0 Å². The predicted molar refractivity (Wildman–Crippen MR) is 86.4 cm³/mol. The molecule has 1 aliphatic heterocycles. The molecule has 2 unspecified atom stereocenters. The summed E-state index contributed by atoms with van der Waals surface area (Å²) >= 11 is 3.44. The number of hydrogen-bond donors (Lipinski definition) is 1. The molecule has 1 aromatic carbocycles. The van der Waals surface area contributed by atoms with E-state index >= 15 is 0 Å². The molecule has 2 N–H and O–H groups in total. The van der Waals surface area contributed by atoms with Gasteiger partial charge in [-0.05, 0) is 64.7 Å². The standard InChI is InChI=1S/C15H21BrN2O2S/c1-10-5-11(7-17)6-14(15(10)16)21(19,20)18-8-12-3-2-4-13(12)9-18/h5-6,12-13H,2-4,7-9,17H2,1H3. The predicted octanol–water partition coefficient (Wildman–Crippen LogP) is 2.64. The third kappa shape index (κ3) is 2.67. The Morgan fingerprint density at radius 2 is 1.90 bits per heavy atom. The van der Waals surface area contributed by atoms with Gasteiger partial charge in [0, 0.05) is 24.1 Å². The van der Waals surface area contributed by atoms with Crippen molar-refractivity contribution in [3.8, 4) is 0 Å². The monoisotopic (exact) mass is 372 g/mol. The van der Waals surface area contributed by atoms with E-state index in [0.717, 1.165) is 11.1 Å². The van der Waals surface area contributed by atoms with Crippen LogP contribution in [0.5, 0.6) is 0 Å². The zero-order valence-electron chi connectivity index (χ0n) is 12.2. The van der Waals surface area contributed by atoms with Crippen molar-refractivity contribution in [2.75, 3.05) is 13.1 Å². The van der Waals surface area contributed by atoms with Gasteiger partial charge >= 0.3 is 0 Å². The highest BCUT2D eigenvalue weighted by molar-refractivity contribution is 9.10. The van der Waals surface area contributed by atoms with Gasteiger partial charge < -0.3 is 5.73 Å². The second-order valence-corrected chi connectivity index (χ2v) is 8.90. The number of halogens is 1. The summed E-state index contributed by atoms with van der Waals surface area (Å²) < 4.78 is 28.3. The molecule has 2 fully saturated rings. The second kappa shape index (κ2) is 5.65. The number of nitrogens with zero attached hydrogens (tertiary/aromatic N) is 1. The zero-order chi connectivity index (χ0) is 15.2. The molecule has 6 heteroatoms. The van der Waals surface area contributed by atoms with E-state index < -0.39 is 10.0 Å². The van der Waals surface area contributed by atoms with Gasteiger partial charge in [-0.1, -0.05) is 12.5 Å². The molecule has 21 heavy (non-hydrogen) atoms. The minimum absolute atomic E-state index is 0.349. The van der Waals surface area contributed by atoms with Crippen LogP contribution in [-0.4, -0.2) is 25.8 Å². The first-order chi connectivity index (χ1) is 9.93. The number of rotatable bonds is 3. The summed E-state index contributed by atoms with van der Waals surface area (Å²) in [6.45, 7) is 3.60. The summed E-state index contributed by atoms with van der Waals surface area (Å²) in [7, 11) is -3.44. The molecule has 1 saturated carbocycles. The van der Waals surface area contributed by atoms with Crippen molar-refractivity contribution in [1.82, 2.24) is 4.31 Å². The Balaban J connectivity index is 1.97. The largest absolute Gasteiger partial charge is 0.326 e. The van der Waals surface area contributed by atoms with Crippen LogP contribution in [0.15, 0.2) is 21.5 Å². The van der Waals surface area contributed by atoms with Crippen LogP contribution in [0.25, 0.3) is 0 Å². The lowest BCUT2D eigenvalue weighted by Crippen LogP contribution is -2.30. The number of hydrogen-bond acceptors (Lipinski definition) is 3. The molecule has 2 atom stereocenters. The Hall–Kier alpha value is -0.430. The van der Waals surface area contributed by atoms with Crippen LogP contribution >= 0.6 is 15.9 Å². The molecule has 4 nitrogen and oxygen atoms in total. The van der Waals surface area contributed by atoms with Gasteiger partial charge in [-0.3, -0.25) is 0 Å². The molecular formula is C15H21BrN2O2S. The topological polar surface area (TPSA) is 63.4 Å². The Morgan fingerprint density at radius 3 is 2.48 bits per heavy atom. The fourth-order valence-corrected chi connectivity index (χ4v) is 6.23. The van der Waals surface area contributed by atoms with Crippen molar-refractivity contribution in [3.05, 3.63) is 27.7 Å². The Labute approximate surface area is 134 Å². The van der Waals surface area contributed by atoms with Gasteiger partial charge in [-0.25, -0.2) is 8.42 Å². The highest BCUT2D eigenvalue weighted by atomic mass is 79.9. The Kier molecular flexibility index (Phi) is 4.16. The highest BCUT2D eigenvalue weighted by Crippen LogP contribution is 2.41. The smallest absolute Gasteiger partial charge is 0.244 e. The summed E-state index contributed by atoms with van der Waals surface area (Å²) in [5.41, 5.74) is 7.45. The molecule has 1 heterocycles. The molecule has 0 amide bonds. The summed E-state index contributed by atoms with van der Waals surface area (Å²) in [5.74, 6) is 1.11. The normalized spacial score (nSPS) is 26.2. The first-order valence-corrected chi connectivity index (χ1v) is 9.66. The van der Waals surface area contributed by atoms with Crippen molar-refractivity contribution in [3.63, 3.8) is 0 Å². The summed E-state index contributed by atoms with van der Waals surface area (Å²) in [6, 6.07) is 3.64. The van der Waals surface area contributed by atoms with Crippen molar-refractivity contribution in [1.29, 1.82) is 0 Å². The first kappa shape index (κ1) is 15.5. The van der Waals surface area contributed by atoms with E-state index in [0.29, 0.717) is 40.8 Å². The van der Waals surface area contributed by atoms with Gasteiger partial charge in [0.25, 0.3) is 0 Å². The molecule has 1 aliphatic carbocycles. The van der Waals surface area contributed by atoms with Gasteiger partial charge in [0.15, 0.2) is 0 Å². The van der Waals surface area contributed by atoms with Gasteiger partial charge in [-0.2, -0.15) is 4.31 Å². The average molecular weight is 373 g/mol. The van der Waals surface area contributed by atoms with Gasteiger partial charge in [0.2, 0.25) is 10.0 Å². The zero-order valence-corrected chi connectivity index (χ0v) is 14.6. The maximum absolute atomic E-state index is 13.0. The summed E-state index contributed by atoms with van der Waals surface area (Å²) in [4.78, 5) is 0.364. The molecule has 0 radical (unpaired) electrons. The number of sulfonamides is 1. The van der Waals surface area contributed by atoms with Crippen LogP contribution in [0.3, 0.4) is 0 Å². The van der Waals surface area contributed by atoms with Crippen molar-refractivity contribution in [2.45, 2.75) is 37.6 Å². The maximum Gasteiger partial charge on any atom is 0.244 e. The molecule has 0 aromatic heterocycles. The van der Waals surface area contributed by atoms with Gasteiger partial charge in [-0.15, -0.1) is 0 Å². The van der Waals surface area contributed by atoms with E-state index in [1.165, 1.54) is 19.3 Å². The fraction of sp³-hybridized carbons (Fsp3) is 0.600. The van der Waals surface area contributed by atoms with E-state index in [-0.39, 0.29) is 0 Å². The molecular weight excluding hydrogens is 352 g/mol. The molecule has 116 valence electrons. The second-order valence-electron chi connectivity index (χ2n) is 6.20. The quantitative estimate of drug-likeness (QED) is 0.886. The van der Waals surface area contributed by atoms with Crippen LogP contribution < -0.4 is 5.73 Å². The van der Waals surface area contributed by atoms with Crippen LogP contribution in [-0.2, 0) is 16.6 Å². The Bertz CT molecular complexity index is 648. The number of benzene rings is 1. The van der Waals surface area contributed by atoms with Crippen LogP contribution in [0.2, 0.25) is 0 Å². The van der Waals surface area contributed by atoms with Gasteiger partial charge in [0.05, 0.1) is 4.90 Å². The van der Waals surface area contributed by atoms with Crippen LogP contribution in [0.1, 0.15) is 30.4 Å². The molecule has 0 spiro atoms. The molecule has 1 aromatic rings.